The van der Waals surface area contributed by atoms with Crippen molar-refractivity contribution in [2.75, 3.05) is 19.8 Å². The second-order valence-corrected chi connectivity index (χ2v) is 3.80. The Morgan fingerprint density at radius 2 is 1.72 bits per heavy atom. The molecule has 0 aliphatic rings. The van der Waals surface area contributed by atoms with Gasteiger partial charge in [-0.3, -0.25) is 4.84 Å². The number of rotatable bonds is 10. The molecule has 0 saturated heterocycles. The van der Waals surface area contributed by atoms with E-state index in [4.69, 9.17) is 14.3 Å². The van der Waals surface area contributed by atoms with E-state index in [-0.39, 0.29) is 6.29 Å². The van der Waals surface area contributed by atoms with Crippen molar-refractivity contribution in [1.29, 1.82) is 0 Å². The summed E-state index contributed by atoms with van der Waals surface area (Å²) in [4.78, 5) is 5.37. The first kappa shape index (κ1) is 15.1. The number of hydrogen-bond donors (Lipinski definition) is 1. The summed E-state index contributed by atoms with van der Waals surface area (Å²) in [6.07, 6.45) is 0.629. The van der Waals surface area contributed by atoms with Crippen molar-refractivity contribution < 1.29 is 14.3 Å². The molecule has 4 nitrogen and oxygen atoms in total. The molecule has 0 spiro atoms. The Morgan fingerprint density at radius 1 is 1.06 bits per heavy atom. The Bertz CT molecular complexity index is 286. The molecule has 0 unspecified atom stereocenters. The highest BCUT2D eigenvalue weighted by Gasteiger charge is 2.06. The van der Waals surface area contributed by atoms with E-state index in [1.165, 1.54) is 0 Å². The highest BCUT2D eigenvalue weighted by atomic mass is 16.7. The molecular formula is C14H23NO3. The predicted molar refractivity (Wildman–Crippen MR) is 70.9 cm³/mol. The van der Waals surface area contributed by atoms with Gasteiger partial charge in [0.15, 0.2) is 6.29 Å². The van der Waals surface area contributed by atoms with E-state index < -0.39 is 0 Å². The third kappa shape index (κ3) is 6.71. The zero-order valence-electron chi connectivity index (χ0n) is 11.2. The van der Waals surface area contributed by atoms with Crippen LogP contribution in [0.3, 0.4) is 0 Å². The van der Waals surface area contributed by atoms with Gasteiger partial charge >= 0.3 is 0 Å². The van der Waals surface area contributed by atoms with E-state index >= 15 is 0 Å². The second-order valence-electron chi connectivity index (χ2n) is 3.80. The molecule has 0 aliphatic carbocycles. The minimum absolute atomic E-state index is 0.146. The topological polar surface area (TPSA) is 39.7 Å². The van der Waals surface area contributed by atoms with Crippen molar-refractivity contribution in [2.24, 2.45) is 0 Å². The van der Waals surface area contributed by atoms with E-state index in [1.54, 1.807) is 0 Å². The fourth-order valence-corrected chi connectivity index (χ4v) is 1.54. The molecule has 1 rings (SSSR count). The summed E-state index contributed by atoms with van der Waals surface area (Å²) in [6.45, 7) is 6.52. The first-order valence-corrected chi connectivity index (χ1v) is 6.48. The summed E-state index contributed by atoms with van der Waals surface area (Å²) in [5.41, 5.74) is 4.07. The van der Waals surface area contributed by atoms with Crippen LogP contribution in [-0.4, -0.2) is 26.0 Å². The number of ether oxygens (including phenoxy) is 2. The van der Waals surface area contributed by atoms with Crippen LogP contribution < -0.4 is 5.48 Å². The first-order valence-electron chi connectivity index (χ1n) is 6.48. The average molecular weight is 253 g/mol. The number of nitrogens with one attached hydrogen (secondary N) is 1. The molecule has 0 saturated carbocycles. The van der Waals surface area contributed by atoms with Crippen molar-refractivity contribution in [1.82, 2.24) is 5.48 Å². The van der Waals surface area contributed by atoms with E-state index in [1.807, 2.05) is 44.2 Å². The summed E-state index contributed by atoms with van der Waals surface area (Å²) in [5.74, 6) is 0. The molecule has 1 N–H and O–H groups in total. The molecule has 4 heteroatoms. The average Bonchev–Trinajstić information content (AvgIpc) is 2.40. The lowest BCUT2D eigenvalue weighted by molar-refractivity contribution is -0.142. The fraction of sp³-hybridized carbons (Fsp3) is 0.571. The molecule has 0 atom stereocenters. The Labute approximate surface area is 109 Å². The molecule has 102 valence electrons. The molecular weight excluding hydrogens is 230 g/mol. The smallest absolute Gasteiger partial charge is 0.158 e. The SMILES string of the molecule is CCOC(CCNOCc1ccccc1)OCC. The summed E-state index contributed by atoms with van der Waals surface area (Å²) in [5, 5.41) is 0. The van der Waals surface area contributed by atoms with Crippen LogP contribution >= 0.6 is 0 Å². The van der Waals surface area contributed by atoms with Crippen LogP contribution in [0.1, 0.15) is 25.8 Å². The van der Waals surface area contributed by atoms with Gasteiger partial charge in [0.25, 0.3) is 0 Å². The van der Waals surface area contributed by atoms with Crippen LogP contribution in [-0.2, 0) is 20.9 Å². The highest BCUT2D eigenvalue weighted by Crippen LogP contribution is 2.01. The maximum Gasteiger partial charge on any atom is 0.158 e. The largest absolute Gasteiger partial charge is 0.353 e. The third-order valence-electron chi connectivity index (χ3n) is 2.37. The highest BCUT2D eigenvalue weighted by molar-refractivity contribution is 5.13. The molecule has 0 aliphatic heterocycles. The van der Waals surface area contributed by atoms with E-state index in [0.29, 0.717) is 26.4 Å². The van der Waals surface area contributed by atoms with Crippen LogP contribution in [0.5, 0.6) is 0 Å². The molecule has 1 aromatic carbocycles. The maximum atomic E-state index is 5.43. The summed E-state index contributed by atoms with van der Waals surface area (Å²) >= 11 is 0. The number of hydroxylamine groups is 1. The van der Waals surface area contributed by atoms with E-state index in [9.17, 15) is 0 Å². The van der Waals surface area contributed by atoms with Gasteiger partial charge in [-0.2, -0.15) is 0 Å². The van der Waals surface area contributed by atoms with Crippen molar-refractivity contribution in [3.63, 3.8) is 0 Å². The zero-order valence-corrected chi connectivity index (χ0v) is 11.2. The van der Waals surface area contributed by atoms with Gasteiger partial charge in [0.2, 0.25) is 0 Å². The van der Waals surface area contributed by atoms with E-state index in [0.717, 1.165) is 12.0 Å². The zero-order chi connectivity index (χ0) is 13.1. The van der Waals surface area contributed by atoms with Gasteiger partial charge in [-0.1, -0.05) is 30.3 Å². The first-order chi connectivity index (χ1) is 8.86. The summed E-state index contributed by atoms with van der Waals surface area (Å²) in [7, 11) is 0. The minimum atomic E-state index is -0.146. The lowest BCUT2D eigenvalue weighted by Crippen LogP contribution is -2.25. The van der Waals surface area contributed by atoms with Crippen LogP contribution in [0, 0.1) is 0 Å². The van der Waals surface area contributed by atoms with Gasteiger partial charge in [0.1, 0.15) is 0 Å². The Balaban J connectivity index is 2.06. The van der Waals surface area contributed by atoms with Crippen molar-refractivity contribution >= 4 is 0 Å². The van der Waals surface area contributed by atoms with Gasteiger partial charge < -0.3 is 9.47 Å². The minimum Gasteiger partial charge on any atom is -0.353 e. The Kier molecular flexibility index (Phi) is 8.42. The molecule has 0 aromatic heterocycles. The molecule has 0 bridgehead atoms. The van der Waals surface area contributed by atoms with Crippen molar-refractivity contribution in [3.05, 3.63) is 35.9 Å². The lowest BCUT2D eigenvalue weighted by atomic mass is 10.2. The second kappa shape index (κ2) is 10.0. The summed E-state index contributed by atoms with van der Waals surface area (Å²) < 4.78 is 10.9. The quantitative estimate of drug-likeness (QED) is 0.395. The Morgan fingerprint density at radius 3 is 2.33 bits per heavy atom. The predicted octanol–water partition coefficient (Wildman–Crippen LogP) is 2.50. The normalized spacial score (nSPS) is 11.1. The van der Waals surface area contributed by atoms with Crippen molar-refractivity contribution in [3.8, 4) is 0 Å². The van der Waals surface area contributed by atoms with E-state index in [2.05, 4.69) is 5.48 Å². The van der Waals surface area contributed by atoms with Gasteiger partial charge in [-0.25, -0.2) is 5.48 Å². The Hall–Kier alpha value is -0.940. The molecule has 0 fully saturated rings. The van der Waals surface area contributed by atoms with Crippen LogP contribution in [0.15, 0.2) is 30.3 Å². The molecule has 0 amide bonds. The van der Waals surface area contributed by atoms with Crippen molar-refractivity contribution in [2.45, 2.75) is 33.2 Å². The van der Waals surface area contributed by atoms with Crippen LogP contribution in [0.25, 0.3) is 0 Å². The fourth-order valence-electron chi connectivity index (χ4n) is 1.54. The van der Waals surface area contributed by atoms with Gasteiger partial charge in [-0.05, 0) is 19.4 Å². The summed E-state index contributed by atoms with van der Waals surface area (Å²) in [6, 6.07) is 10.1. The molecule has 1 aromatic rings. The molecule has 0 heterocycles. The maximum absolute atomic E-state index is 5.43. The molecule has 0 radical (unpaired) electrons. The van der Waals surface area contributed by atoms with Crippen LogP contribution in [0.4, 0.5) is 0 Å². The van der Waals surface area contributed by atoms with Gasteiger partial charge in [0.05, 0.1) is 6.61 Å². The number of hydrogen-bond acceptors (Lipinski definition) is 4. The standard InChI is InChI=1S/C14H23NO3/c1-3-16-14(17-4-2)10-11-15-18-12-13-8-6-5-7-9-13/h5-9,14-15H,3-4,10-12H2,1-2H3. The number of benzene rings is 1. The monoisotopic (exact) mass is 253 g/mol. The molecule has 18 heavy (non-hydrogen) atoms. The lowest BCUT2D eigenvalue weighted by Gasteiger charge is -2.16. The van der Waals surface area contributed by atoms with Gasteiger partial charge in [-0.15, -0.1) is 0 Å². The third-order valence-corrected chi connectivity index (χ3v) is 2.37. The van der Waals surface area contributed by atoms with Crippen LogP contribution in [0.2, 0.25) is 0 Å². The van der Waals surface area contributed by atoms with Gasteiger partial charge in [0, 0.05) is 26.2 Å².